The van der Waals surface area contributed by atoms with E-state index >= 15 is 0 Å². The Bertz CT molecular complexity index is 720. The van der Waals surface area contributed by atoms with Crippen LogP contribution in [0.2, 0.25) is 0 Å². The number of primary sulfonamides is 1. The maximum absolute atomic E-state index is 12.9. The first-order chi connectivity index (χ1) is 9.48. The van der Waals surface area contributed by atoms with Crippen LogP contribution in [0.15, 0.2) is 17.0 Å². The van der Waals surface area contributed by atoms with Gasteiger partial charge in [0.15, 0.2) is 0 Å². The predicted octanol–water partition coefficient (Wildman–Crippen LogP) is 1.10. The Morgan fingerprint density at radius 1 is 1.43 bits per heavy atom. The third kappa shape index (κ3) is 3.87. The summed E-state index contributed by atoms with van der Waals surface area (Å²) in [5, 5.41) is 15.9. The maximum Gasteiger partial charge on any atom is 0.417 e. The van der Waals surface area contributed by atoms with Crippen molar-refractivity contribution in [3.8, 4) is 12.3 Å². The number of nitrogens with one attached hydrogen (secondary N) is 1. The number of halogens is 3. The van der Waals surface area contributed by atoms with E-state index in [1.165, 1.54) is 0 Å². The van der Waals surface area contributed by atoms with E-state index in [-0.39, 0.29) is 6.54 Å². The molecule has 21 heavy (non-hydrogen) atoms. The van der Waals surface area contributed by atoms with E-state index in [1.54, 1.807) is 0 Å². The topological polar surface area (TPSA) is 109 Å². The van der Waals surface area contributed by atoms with Crippen LogP contribution in [0, 0.1) is 12.3 Å². The molecule has 0 radical (unpaired) electrons. The van der Waals surface area contributed by atoms with Gasteiger partial charge in [0.05, 0.1) is 28.3 Å². The zero-order valence-electron chi connectivity index (χ0n) is 10.2. The third-order valence-corrected chi connectivity index (χ3v) is 3.29. The highest BCUT2D eigenvalue weighted by Gasteiger charge is 2.38. The highest BCUT2D eigenvalue weighted by molar-refractivity contribution is 7.89. The number of hydrogen-bond donors (Lipinski definition) is 3. The van der Waals surface area contributed by atoms with Crippen molar-refractivity contribution in [2.45, 2.75) is 11.1 Å². The van der Waals surface area contributed by atoms with Gasteiger partial charge in [-0.15, -0.1) is 6.42 Å². The first-order valence-corrected chi connectivity index (χ1v) is 6.71. The van der Waals surface area contributed by atoms with Crippen LogP contribution in [-0.2, 0) is 16.2 Å². The predicted molar refractivity (Wildman–Crippen MR) is 67.1 cm³/mol. The van der Waals surface area contributed by atoms with Gasteiger partial charge in [-0.2, -0.15) is 13.2 Å². The maximum atomic E-state index is 12.9. The van der Waals surface area contributed by atoms with Crippen molar-refractivity contribution in [3.63, 3.8) is 0 Å². The van der Waals surface area contributed by atoms with Crippen LogP contribution in [0.1, 0.15) is 15.9 Å². The minimum absolute atomic E-state index is 0.244. The third-order valence-electron chi connectivity index (χ3n) is 2.34. The van der Waals surface area contributed by atoms with Crippen LogP contribution in [0.3, 0.4) is 0 Å². The number of carboxylic acid groups (broad SMARTS) is 1. The molecule has 4 N–H and O–H groups in total. The van der Waals surface area contributed by atoms with E-state index in [0.29, 0.717) is 12.1 Å². The van der Waals surface area contributed by atoms with E-state index < -0.39 is 43.9 Å². The average molecular weight is 322 g/mol. The number of aromatic carboxylic acids is 1. The van der Waals surface area contributed by atoms with E-state index in [2.05, 4.69) is 11.2 Å². The SMILES string of the molecule is C#CCNc1cc(C(F)(F)F)c(S(N)(=O)=O)cc1C(=O)O. The van der Waals surface area contributed by atoms with Crippen molar-refractivity contribution in [3.05, 3.63) is 23.3 Å². The summed E-state index contributed by atoms with van der Waals surface area (Å²) < 4.78 is 61.1. The molecule has 6 nitrogen and oxygen atoms in total. The fourth-order valence-electron chi connectivity index (χ4n) is 1.51. The Balaban J connectivity index is 3.71. The number of carboxylic acids is 1. The molecule has 0 aliphatic carbocycles. The number of benzene rings is 1. The molecule has 0 bridgehead atoms. The number of nitrogens with two attached hydrogens (primary N) is 1. The summed E-state index contributed by atoms with van der Waals surface area (Å²) in [7, 11) is -4.76. The average Bonchev–Trinajstić information content (AvgIpc) is 2.32. The second-order valence-electron chi connectivity index (χ2n) is 3.80. The highest BCUT2D eigenvalue weighted by atomic mass is 32.2. The van der Waals surface area contributed by atoms with Gasteiger partial charge in [-0.1, -0.05) is 5.92 Å². The summed E-state index contributed by atoms with van der Waals surface area (Å²) in [5.41, 5.74) is -2.73. The Hall–Kier alpha value is -2.25. The lowest BCUT2D eigenvalue weighted by Crippen LogP contribution is -2.21. The number of terminal acetylenes is 1. The van der Waals surface area contributed by atoms with Gasteiger partial charge in [-0.25, -0.2) is 18.4 Å². The molecule has 1 aromatic rings. The number of hydrogen-bond acceptors (Lipinski definition) is 4. The van der Waals surface area contributed by atoms with Crippen LogP contribution in [-0.4, -0.2) is 26.0 Å². The van der Waals surface area contributed by atoms with Crippen molar-refractivity contribution in [2.24, 2.45) is 5.14 Å². The summed E-state index contributed by atoms with van der Waals surface area (Å²) in [6, 6.07) is 0.694. The minimum atomic E-state index is -5.04. The molecule has 0 saturated heterocycles. The molecule has 0 amide bonds. The van der Waals surface area contributed by atoms with Crippen LogP contribution in [0.25, 0.3) is 0 Å². The monoisotopic (exact) mass is 322 g/mol. The van der Waals surface area contributed by atoms with Crippen LogP contribution < -0.4 is 10.5 Å². The second-order valence-corrected chi connectivity index (χ2v) is 5.33. The molecular formula is C11H9F3N2O4S. The summed E-state index contributed by atoms with van der Waals surface area (Å²) in [5.74, 6) is 0.426. The van der Waals surface area contributed by atoms with E-state index in [4.69, 9.17) is 16.7 Å². The van der Waals surface area contributed by atoms with E-state index in [0.717, 1.165) is 0 Å². The quantitative estimate of drug-likeness (QED) is 0.719. The van der Waals surface area contributed by atoms with Crippen molar-refractivity contribution in [2.75, 3.05) is 11.9 Å². The van der Waals surface area contributed by atoms with Gasteiger partial charge in [0.1, 0.15) is 0 Å². The fourth-order valence-corrected chi connectivity index (χ4v) is 2.27. The number of carbonyl (C=O) groups is 1. The molecule has 0 atom stereocenters. The number of alkyl halides is 3. The molecule has 0 aromatic heterocycles. The molecule has 114 valence electrons. The molecule has 0 spiro atoms. The second kappa shape index (κ2) is 5.63. The molecule has 0 fully saturated rings. The first kappa shape index (κ1) is 16.8. The molecule has 0 aliphatic rings. The lowest BCUT2D eigenvalue weighted by molar-refractivity contribution is -0.139. The fraction of sp³-hybridized carbons (Fsp3) is 0.182. The lowest BCUT2D eigenvalue weighted by atomic mass is 10.1. The number of anilines is 1. The summed E-state index contributed by atoms with van der Waals surface area (Å²) in [6.45, 7) is -0.244. The van der Waals surface area contributed by atoms with E-state index in [1.807, 2.05) is 0 Å². The standard InChI is InChI=1S/C11H9F3N2O4S/c1-2-3-16-8-5-7(11(12,13)14)9(21(15,19)20)4-6(8)10(17)18/h1,4-5,16H,3H2,(H,17,18)(H2,15,19,20). The van der Waals surface area contributed by atoms with Crippen molar-refractivity contribution < 1.29 is 31.5 Å². The van der Waals surface area contributed by atoms with Gasteiger partial charge < -0.3 is 10.4 Å². The van der Waals surface area contributed by atoms with Gasteiger partial charge in [-0.3, -0.25) is 0 Å². The van der Waals surface area contributed by atoms with Gasteiger partial charge in [0.2, 0.25) is 10.0 Å². The van der Waals surface area contributed by atoms with Gasteiger partial charge in [0.25, 0.3) is 0 Å². The molecule has 10 heteroatoms. The van der Waals surface area contributed by atoms with Crippen LogP contribution in [0.5, 0.6) is 0 Å². The molecule has 1 rings (SSSR count). The van der Waals surface area contributed by atoms with Crippen molar-refractivity contribution in [1.29, 1.82) is 0 Å². The molecule has 0 saturated carbocycles. The van der Waals surface area contributed by atoms with E-state index in [9.17, 15) is 26.4 Å². The Labute approximate surface area is 117 Å². The van der Waals surface area contributed by atoms with Crippen molar-refractivity contribution in [1.82, 2.24) is 0 Å². The minimum Gasteiger partial charge on any atom is -0.478 e. The molecule has 0 aliphatic heterocycles. The Kier molecular flexibility index (Phi) is 4.50. The molecule has 0 heterocycles. The van der Waals surface area contributed by atoms with Crippen molar-refractivity contribution >= 4 is 21.7 Å². The molecule has 1 aromatic carbocycles. The van der Waals surface area contributed by atoms with Crippen LogP contribution >= 0.6 is 0 Å². The summed E-state index contributed by atoms with van der Waals surface area (Å²) in [6.07, 6.45) is -0.109. The smallest absolute Gasteiger partial charge is 0.417 e. The Morgan fingerprint density at radius 3 is 2.38 bits per heavy atom. The number of rotatable bonds is 4. The first-order valence-electron chi connectivity index (χ1n) is 5.17. The summed E-state index contributed by atoms with van der Waals surface area (Å²) in [4.78, 5) is 9.70. The normalized spacial score (nSPS) is 11.8. The molecule has 0 unspecified atom stereocenters. The van der Waals surface area contributed by atoms with Gasteiger partial charge in [0, 0.05) is 0 Å². The largest absolute Gasteiger partial charge is 0.478 e. The van der Waals surface area contributed by atoms with Gasteiger partial charge >= 0.3 is 12.1 Å². The zero-order chi connectivity index (χ0) is 16.4. The van der Waals surface area contributed by atoms with Gasteiger partial charge in [-0.05, 0) is 12.1 Å². The Morgan fingerprint density at radius 2 is 2.00 bits per heavy atom. The zero-order valence-corrected chi connectivity index (χ0v) is 11.0. The summed E-state index contributed by atoms with van der Waals surface area (Å²) >= 11 is 0. The molecular weight excluding hydrogens is 313 g/mol. The van der Waals surface area contributed by atoms with Crippen LogP contribution in [0.4, 0.5) is 18.9 Å². The highest BCUT2D eigenvalue weighted by Crippen LogP contribution is 2.37. The lowest BCUT2D eigenvalue weighted by Gasteiger charge is -2.16. The number of sulfonamides is 1.